The Kier molecular flexibility index (Phi) is 4.10. The molecule has 116 valence electrons. The number of carboxylic acid groups (broad SMARTS) is 1. The fourth-order valence-corrected chi connectivity index (χ4v) is 2.29. The number of ether oxygens (including phenoxy) is 1. The van der Waals surface area contributed by atoms with Crippen LogP contribution in [-0.2, 0) is 11.2 Å². The molecule has 1 aromatic heterocycles. The fourth-order valence-electron chi connectivity index (χ4n) is 2.29. The number of methoxy groups -OCH3 is 1. The van der Waals surface area contributed by atoms with E-state index < -0.39 is 5.97 Å². The first-order valence-electron chi connectivity index (χ1n) is 7.08. The zero-order chi connectivity index (χ0) is 16.2. The zero-order valence-electron chi connectivity index (χ0n) is 12.5. The van der Waals surface area contributed by atoms with Crippen LogP contribution in [0.4, 0.5) is 0 Å². The monoisotopic (exact) mass is 309 g/mol. The quantitative estimate of drug-likeness (QED) is 0.779. The third kappa shape index (κ3) is 3.23. The molecule has 0 spiro atoms. The largest absolute Gasteiger partial charge is 0.481 e. The van der Waals surface area contributed by atoms with Gasteiger partial charge in [0.25, 0.3) is 0 Å². The summed E-state index contributed by atoms with van der Waals surface area (Å²) in [5.41, 5.74) is 3.03. The molecule has 0 bridgehead atoms. The Morgan fingerprint density at radius 1 is 1.09 bits per heavy atom. The number of rotatable bonds is 5. The highest BCUT2D eigenvalue weighted by Crippen LogP contribution is 2.34. The predicted octanol–water partition coefficient (Wildman–Crippen LogP) is 3.64. The highest BCUT2D eigenvalue weighted by atomic mass is 16.6. The van der Waals surface area contributed by atoms with E-state index in [1.54, 1.807) is 24.3 Å². The molecule has 1 N–H and O–H groups in total. The first kappa shape index (κ1) is 14.8. The first-order chi connectivity index (χ1) is 11.2. The van der Waals surface area contributed by atoms with E-state index in [1.807, 2.05) is 30.3 Å². The SMILES string of the molecule is COc1oc(-c2ccc(CC(=O)O)cc2)nc1-c1ccccc1. The van der Waals surface area contributed by atoms with Gasteiger partial charge in [-0.25, -0.2) is 4.98 Å². The number of aromatic nitrogens is 1. The minimum Gasteiger partial charge on any atom is -0.481 e. The molecule has 5 nitrogen and oxygen atoms in total. The van der Waals surface area contributed by atoms with Gasteiger partial charge in [-0.3, -0.25) is 4.79 Å². The Morgan fingerprint density at radius 3 is 2.39 bits per heavy atom. The molecule has 0 radical (unpaired) electrons. The van der Waals surface area contributed by atoms with Crippen LogP contribution in [0.1, 0.15) is 5.56 Å². The number of hydrogen-bond acceptors (Lipinski definition) is 4. The lowest BCUT2D eigenvalue weighted by molar-refractivity contribution is -0.136. The summed E-state index contributed by atoms with van der Waals surface area (Å²) in [6, 6.07) is 16.7. The third-order valence-corrected chi connectivity index (χ3v) is 3.38. The number of carbonyl (C=O) groups is 1. The Hall–Kier alpha value is -3.08. The first-order valence-corrected chi connectivity index (χ1v) is 7.08. The molecule has 0 amide bonds. The van der Waals surface area contributed by atoms with Crippen LogP contribution >= 0.6 is 0 Å². The summed E-state index contributed by atoms with van der Waals surface area (Å²) in [6.07, 6.45) is -0.00947. The topological polar surface area (TPSA) is 72.6 Å². The molecular weight excluding hydrogens is 294 g/mol. The molecule has 3 aromatic rings. The Bertz CT molecular complexity index is 807. The maximum atomic E-state index is 10.7. The molecule has 0 fully saturated rings. The number of oxazole rings is 1. The number of benzene rings is 2. The van der Waals surface area contributed by atoms with E-state index in [1.165, 1.54) is 7.11 Å². The maximum Gasteiger partial charge on any atom is 0.313 e. The molecule has 23 heavy (non-hydrogen) atoms. The lowest BCUT2D eigenvalue weighted by Gasteiger charge is -1.98. The fraction of sp³-hybridized carbons (Fsp3) is 0.111. The van der Waals surface area contributed by atoms with Crippen molar-refractivity contribution >= 4 is 5.97 Å². The van der Waals surface area contributed by atoms with E-state index in [9.17, 15) is 4.79 Å². The molecule has 0 saturated heterocycles. The molecule has 2 aromatic carbocycles. The van der Waals surface area contributed by atoms with Crippen molar-refractivity contribution in [1.82, 2.24) is 4.98 Å². The maximum absolute atomic E-state index is 10.7. The molecule has 3 rings (SSSR count). The van der Waals surface area contributed by atoms with Gasteiger partial charge in [0.05, 0.1) is 13.5 Å². The summed E-state index contributed by atoms with van der Waals surface area (Å²) in [4.78, 5) is 15.2. The van der Waals surface area contributed by atoms with Crippen molar-refractivity contribution in [1.29, 1.82) is 0 Å². The number of aliphatic carboxylic acids is 1. The molecular formula is C18H15NO4. The minimum absolute atomic E-state index is 0.00947. The molecule has 5 heteroatoms. The van der Waals surface area contributed by atoms with E-state index in [2.05, 4.69) is 4.98 Å². The van der Waals surface area contributed by atoms with Gasteiger partial charge in [-0.2, -0.15) is 0 Å². The van der Waals surface area contributed by atoms with Crippen LogP contribution in [-0.4, -0.2) is 23.2 Å². The van der Waals surface area contributed by atoms with Gasteiger partial charge < -0.3 is 14.3 Å². The zero-order valence-corrected chi connectivity index (χ0v) is 12.5. The van der Waals surface area contributed by atoms with Gasteiger partial charge in [0, 0.05) is 11.1 Å². The van der Waals surface area contributed by atoms with Gasteiger partial charge in [-0.15, -0.1) is 0 Å². The van der Waals surface area contributed by atoms with Gasteiger partial charge in [0.1, 0.15) is 0 Å². The molecule has 0 aliphatic carbocycles. The van der Waals surface area contributed by atoms with E-state index in [0.29, 0.717) is 17.5 Å². The molecule has 0 unspecified atom stereocenters. The Labute approximate surface area is 133 Å². The number of nitrogens with zero attached hydrogens (tertiary/aromatic N) is 1. The number of carboxylic acids is 1. The Morgan fingerprint density at radius 2 is 1.78 bits per heavy atom. The van der Waals surface area contributed by atoms with Gasteiger partial charge in [-0.05, 0) is 17.7 Å². The average molecular weight is 309 g/mol. The van der Waals surface area contributed by atoms with Crippen molar-refractivity contribution < 1.29 is 19.1 Å². The smallest absolute Gasteiger partial charge is 0.313 e. The van der Waals surface area contributed by atoms with Crippen LogP contribution in [0, 0.1) is 0 Å². The van der Waals surface area contributed by atoms with Crippen LogP contribution < -0.4 is 4.74 Å². The van der Waals surface area contributed by atoms with E-state index in [-0.39, 0.29) is 6.42 Å². The summed E-state index contributed by atoms with van der Waals surface area (Å²) < 4.78 is 10.9. The third-order valence-electron chi connectivity index (χ3n) is 3.38. The van der Waals surface area contributed by atoms with Crippen molar-refractivity contribution in [2.45, 2.75) is 6.42 Å². The van der Waals surface area contributed by atoms with Crippen molar-refractivity contribution in [2.75, 3.05) is 7.11 Å². The molecule has 0 aliphatic heterocycles. The summed E-state index contributed by atoms with van der Waals surface area (Å²) >= 11 is 0. The van der Waals surface area contributed by atoms with Crippen molar-refractivity contribution in [3.63, 3.8) is 0 Å². The van der Waals surface area contributed by atoms with Crippen molar-refractivity contribution in [2.24, 2.45) is 0 Å². The van der Waals surface area contributed by atoms with Crippen LogP contribution in [0.15, 0.2) is 59.0 Å². The molecule has 1 heterocycles. The standard InChI is InChI=1S/C18H15NO4/c1-22-18-16(13-5-3-2-4-6-13)19-17(23-18)14-9-7-12(8-10-14)11-15(20)21/h2-10H,11H2,1H3,(H,20,21). The summed E-state index contributed by atoms with van der Waals surface area (Å²) in [6.45, 7) is 0. The van der Waals surface area contributed by atoms with Crippen LogP contribution in [0.2, 0.25) is 0 Å². The van der Waals surface area contributed by atoms with Gasteiger partial charge >= 0.3 is 11.9 Å². The van der Waals surface area contributed by atoms with E-state index in [4.69, 9.17) is 14.3 Å². The van der Waals surface area contributed by atoms with E-state index in [0.717, 1.165) is 16.7 Å². The summed E-state index contributed by atoms with van der Waals surface area (Å²) in [5, 5.41) is 8.80. The predicted molar refractivity (Wildman–Crippen MR) is 85.3 cm³/mol. The second kappa shape index (κ2) is 6.36. The van der Waals surface area contributed by atoms with Gasteiger partial charge in [-0.1, -0.05) is 42.5 Å². The summed E-state index contributed by atoms with van der Waals surface area (Å²) in [5.74, 6) is -0.0784. The second-order valence-electron chi connectivity index (χ2n) is 4.99. The van der Waals surface area contributed by atoms with Gasteiger partial charge in [0.2, 0.25) is 5.89 Å². The van der Waals surface area contributed by atoms with E-state index >= 15 is 0 Å². The Balaban J connectivity index is 1.95. The normalized spacial score (nSPS) is 10.5. The minimum atomic E-state index is -0.859. The van der Waals surface area contributed by atoms with Gasteiger partial charge in [0.15, 0.2) is 5.69 Å². The summed E-state index contributed by atoms with van der Waals surface area (Å²) in [7, 11) is 1.53. The molecule has 0 atom stereocenters. The highest BCUT2D eigenvalue weighted by Gasteiger charge is 2.16. The average Bonchev–Trinajstić information content (AvgIpc) is 3.00. The highest BCUT2D eigenvalue weighted by molar-refractivity contribution is 5.71. The molecule has 0 aliphatic rings. The van der Waals surface area contributed by atoms with Crippen LogP contribution in [0.25, 0.3) is 22.7 Å². The second-order valence-corrected chi connectivity index (χ2v) is 4.99. The van der Waals surface area contributed by atoms with Crippen LogP contribution in [0.3, 0.4) is 0 Å². The lowest BCUT2D eigenvalue weighted by Crippen LogP contribution is -1.99. The number of hydrogen-bond donors (Lipinski definition) is 1. The van der Waals surface area contributed by atoms with Crippen molar-refractivity contribution in [3.05, 3.63) is 60.2 Å². The lowest BCUT2D eigenvalue weighted by atomic mass is 10.1. The molecule has 0 saturated carbocycles. The van der Waals surface area contributed by atoms with Crippen molar-refractivity contribution in [3.8, 4) is 28.7 Å². The van der Waals surface area contributed by atoms with Crippen LogP contribution in [0.5, 0.6) is 5.95 Å².